The molecular weight excluding hydrogens is 432 g/mol. The fourth-order valence-corrected chi connectivity index (χ4v) is 4.23. The third-order valence-corrected chi connectivity index (χ3v) is 5.75. The molecule has 1 aliphatic carbocycles. The first kappa shape index (κ1) is 21.7. The molecule has 0 aliphatic heterocycles. The SMILES string of the molecule is CCOC(=O)c1c(C2CC2)csc1NC(=O)COC(=O)c1cn(Cc2ccccc2)nn1. The van der Waals surface area contributed by atoms with Crippen molar-refractivity contribution in [2.45, 2.75) is 32.2 Å². The maximum Gasteiger partial charge on any atom is 0.361 e. The van der Waals surface area contributed by atoms with Crippen LogP contribution in [0.4, 0.5) is 5.00 Å². The quantitative estimate of drug-likeness (QED) is 0.494. The number of thiophene rings is 1. The number of carbonyl (C=O) groups is 3. The molecule has 2 aromatic heterocycles. The standard InChI is InChI=1S/C22H22N4O5S/c1-2-30-22(29)19-16(15-8-9-15)13-32-20(19)23-18(27)12-31-21(28)17-11-26(25-24-17)10-14-6-4-3-5-7-14/h3-7,11,13,15H,2,8-10,12H2,1H3,(H,23,27). The normalized spacial score (nSPS) is 12.9. The molecule has 0 unspecified atom stereocenters. The van der Waals surface area contributed by atoms with Gasteiger partial charge in [0.1, 0.15) is 5.00 Å². The highest BCUT2D eigenvalue weighted by Gasteiger charge is 2.32. The van der Waals surface area contributed by atoms with Crippen molar-refractivity contribution in [3.05, 3.63) is 64.3 Å². The summed E-state index contributed by atoms with van der Waals surface area (Å²) < 4.78 is 11.7. The Morgan fingerprint density at radius 3 is 2.66 bits per heavy atom. The van der Waals surface area contributed by atoms with Crippen LogP contribution < -0.4 is 5.32 Å². The predicted molar refractivity (Wildman–Crippen MR) is 117 cm³/mol. The van der Waals surface area contributed by atoms with Crippen LogP contribution in [0.1, 0.15) is 57.7 Å². The highest BCUT2D eigenvalue weighted by atomic mass is 32.1. The Kier molecular flexibility index (Phi) is 6.60. The maximum absolute atomic E-state index is 12.4. The van der Waals surface area contributed by atoms with E-state index in [-0.39, 0.29) is 12.3 Å². The minimum atomic E-state index is -0.755. The van der Waals surface area contributed by atoms with Crippen LogP contribution in [0.2, 0.25) is 0 Å². The molecule has 0 bridgehead atoms. The third-order valence-electron chi connectivity index (χ3n) is 4.84. The molecule has 1 amide bonds. The molecule has 10 heteroatoms. The van der Waals surface area contributed by atoms with Crippen LogP contribution in [0, 0.1) is 0 Å². The topological polar surface area (TPSA) is 112 Å². The minimum Gasteiger partial charge on any atom is -0.462 e. The van der Waals surface area contributed by atoms with Crippen molar-refractivity contribution in [1.29, 1.82) is 0 Å². The summed E-state index contributed by atoms with van der Waals surface area (Å²) in [5.41, 5.74) is 2.31. The zero-order chi connectivity index (χ0) is 22.5. The zero-order valence-electron chi connectivity index (χ0n) is 17.4. The van der Waals surface area contributed by atoms with Gasteiger partial charge in [-0.25, -0.2) is 14.3 Å². The predicted octanol–water partition coefficient (Wildman–Crippen LogP) is 3.24. The molecule has 9 nitrogen and oxygen atoms in total. The second-order valence-electron chi connectivity index (χ2n) is 7.30. The number of anilines is 1. The van der Waals surface area contributed by atoms with Gasteiger partial charge in [0, 0.05) is 0 Å². The molecule has 0 spiro atoms. The fraction of sp³-hybridized carbons (Fsp3) is 0.318. The van der Waals surface area contributed by atoms with Gasteiger partial charge in [0.15, 0.2) is 12.3 Å². The van der Waals surface area contributed by atoms with Crippen molar-refractivity contribution in [2.24, 2.45) is 0 Å². The molecule has 1 N–H and O–H groups in total. The van der Waals surface area contributed by atoms with Crippen molar-refractivity contribution in [1.82, 2.24) is 15.0 Å². The van der Waals surface area contributed by atoms with E-state index >= 15 is 0 Å². The van der Waals surface area contributed by atoms with Crippen LogP contribution >= 0.6 is 11.3 Å². The molecule has 0 atom stereocenters. The highest BCUT2D eigenvalue weighted by molar-refractivity contribution is 7.15. The average Bonchev–Trinajstić information content (AvgIpc) is 3.38. The molecule has 32 heavy (non-hydrogen) atoms. The molecule has 1 aromatic carbocycles. The van der Waals surface area contributed by atoms with E-state index in [0.717, 1.165) is 24.0 Å². The number of ether oxygens (including phenoxy) is 2. The van der Waals surface area contributed by atoms with E-state index in [0.29, 0.717) is 23.0 Å². The number of hydrogen-bond donors (Lipinski definition) is 1. The molecule has 1 saturated carbocycles. The molecule has 1 fully saturated rings. The zero-order valence-corrected chi connectivity index (χ0v) is 18.3. The van der Waals surface area contributed by atoms with Crippen molar-refractivity contribution in [2.75, 3.05) is 18.5 Å². The van der Waals surface area contributed by atoms with Gasteiger partial charge in [-0.1, -0.05) is 35.5 Å². The van der Waals surface area contributed by atoms with Crippen LogP contribution in [0.5, 0.6) is 0 Å². The van der Waals surface area contributed by atoms with Crippen LogP contribution in [0.15, 0.2) is 41.9 Å². The second-order valence-corrected chi connectivity index (χ2v) is 8.18. The van der Waals surface area contributed by atoms with Gasteiger partial charge in [-0.2, -0.15) is 0 Å². The van der Waals surface area contributed by atoms with Gasteiger partial charge in [0.2, 0.25) is 0 Å². The average molecular weight is 455 g/mol. The summed E-state index contributed by atoms with van der Waals surface area (Å²) >= 11 is 1.26. The van der Waals surface area contributed by atoms with E-state index in [4.69, 9.17) is 9.47 Å². The number of esters is 2. The number of nitrogens with zero attached hydrogens (tertiary/aromatic N) is 3. The Hall–Kier alpha value is -3.53. The first-order chi connectivity index (χ1) is 15.5. The van der Waals surface area contributed by atoms with Crippen molar-refractivity contribution in [3.8, 4) is 0 Å². The number of carbonyl (C=O) groups excluding carboxylic acids is 3. The van der Waals surface area contributed by atoms with E-state index in [1.54, 1.807) is 6.92 Å². The van der Waals surface area contributed by atoms with E-state index in [2.05, 4.69) is 15.6 Å². The van der Waals surface area contributed by atoms with Crippen molar-refractivity contribution < 1.29 is 23.9 Å². The fourth-order valence-electron chi connectivity index (χ4n) is 3.18. The molecule has 4 rings (SSSR count). The summed E-state index contributed by atoms with van der Waals surface area (Å²) in [5, 5.41) is 12.7. The summed E-state index contributed by atoms with van der Waals surface area (Å²) in [6, 6.07) is 9.61. The molecule has 3 aromatic rings. The summed E-state index contributed by atoms with van der Waals surface area (Å²) in [6.45, 7) is 1.92. The molecule has 0 radical (unpaired) electrons. The Morgan fingerprint density at radius 2 is 1.94 bits per heavy atom. The summed E-state index contributed by atoms with van der Waals surface area (Å²) in [5.74, 6) is -1.44. The van der Waals surface area contributed by atoms with Gasteiger partial charge in [0.05, 0.1) is 24.9 Å². The van der Waals surface area contributed by atoms with Gasteiger partial charge in [-0.05, 0) is 42.2 Å². The van der Waals surface area contributed by atoms with Gasteiger partial charge in [0.25, 0.3) is 5.91 Å². The van der Waals surface area contributed by atoms with Crippen LogP contribution in [-0.4, -0.2) is 46.1 Å². The maximum atomic E-state index is 12.4. The highest BCUT2D eigenvalue weighted by Crippen LogP contribution is 2.46. The smallest absolute Gasteiger partial charge is 0.361 e. The van der Waals surface area contributed by atoms with E-state index in [1.807, 2.05) is 35.7 Å². The van der Waals surface area contributed by atoms with Crippen LogP contribution in [0.3, 0.4) is 0 Å². The minimum absolute atomic E-state index is 0.00749. The molecular formula is C22H22N4O5S. The third kappa shape index (κ3) is 5.20. The van der Waals surface area contributed by atoms with Gasteiger partial charge >= 0.3 is 11.9 Å². The number of aromatic nitrogens is 3. The van der Waals surface area contributed by atoms with E-state index in [1.165, 1.54) is 22.2 Å². The summed E-state index contributed by atoms with van der Waals surface area (Å²) in [4.78, 5) is 37.0. The molecule has 1 aliphatic rings. The first-order valence-corrected chi connectivity index (χ1v) is 11.1. The Bertz CT molecular complexity index is 1120. The molecule has 2 heterocycles. The number of rotatable bonds is 9. The Morgan fingerprint density at radius 1 is 1.16 bits per heavy atom. The lowest BCUT2D eigenvalue weighted by molar-refractivity contribution is -0.119. The van der Waals surface area contributed by atoms with Gasteiger partial charge in [-0.3, -0.25) is 4.79 Å². The van der Waals surface area contributed by atoms with Crippen LogP contribution in [-0.2, 0) is 20.8 Å². The lowest BCUT2D eigenvalue weighted by atomic mass is 10.1. The van der Waals surface area contributed by atoms with Crippen LogP contribution in [0.25, 0.3) is 0 Å². The number of amides is 1. The molecule has 166 valence electrons. The van der Waals surface area contributed by atoms with Gasteiger partial charge < -0.3 is 14.8 Å². The Labute approximate surface area is 188 Å². The Balaban J connectivity index is 1.33. The monoisotopic (exact) mass is 454 g/mol. The number of nitrogens with one attached hydrogen (secondary N) is 1. The second kappa shape index (κ2) is 9.73. The lowest BCUT2D eigenvalue weighted by Gasteiger charge is -2.08. The summed E-state index contributed by atoms with van der Waals surface area (Å²) in [6.07, 6.45) is 3.49. The largest absolute Gasteiger partial charge is 0.462 e. The lowest BCUT2D eigenvalue weighted by Crippen LogP contribution is -2.22. The van der Waals surface area contributed by atoms with Crippen molar-refractivity contribution >= 4 is 34.2 Å². The summed E-state index contributed by atoms with van der Waals surface area (Å²) in [7, 11) is 0. The van der Waals surface area contributed by atoms with Crippen molar-refractivity contribution in [3.63, 3.8) is 0 Å². The molecule has 0 saturated heterocycles. The number of benzene rings is 1. The number of hydrogen-bond acceptors (Lipinski definition) is 8. The first-order valence-electron chi connectivity index (χ1n) is 10.2. The van der Waals surface area contributed by atoms with E-state index < -0.39 is 24.5 Å². The van der Waals surface area contributed by atoms with E-state index in [9.17, 15) is 14.4 Å². The van der Waals surface area contributed by atoms with Gasteiger partial charge in [-0.15, -0.1) is 16.4 Å².